The minimum atomic E-state index is -0.954. The molecule has 0 saturated carbocycles. The molecule has 0 aliphatic carbocycles. The minimum absolute atomic E-state index is 0.196. The predicted molar refractivity (Wildman–Crippen MR) is 63.9 cm³/mol. The zero-order valence-corrected chi connectivity index (χ0v) is 9.62. The van der Waals surface area contributed by atoms with Crippen LogP contribution in [0.25, 0.3) is 0 Å². The second kappa shape index (κ2) is 10.0. The second-order valence-corrected chi connectivity index (χ2v) is 3.15. The summed E-state index contributed by atoms with van der Waals surface area (Å²) in [6, 6.07) is 0. The molecule has 0 aromatic rings. The van der Waals surface area contributed by atoms with Gasteiger partial charge >= 0.3 is 0 Å². The van der Waals surface area contributed by atoms with E-state index >= 15 is 0 Å². The SMILES string of the molecule is C=C(N)C(N)OC(N)C(=C)N.OCC(O)CO. The number of aliphatic hydroxyl groups excluding tert-OH is 3. The average Bonchev–Trinajstić information content (AvgIpc) is 2.28. The van der Waals surface area contributed by atoms with Gasteiger partial charge in [-0.2, -0.15) is 0 Å². The van der Waals surface area contributed by atoms with Crippen LogP contribution in [0.4, 0.5) is 0 Å². The van der Waals surface area contributed by atoms with Gasteiger partial charge in [0.1, 0.15) is 18.6 Å². The van der Waals surface area contributed by atoms with E-state index in [0.29, 0.717) is 0 Å². The van der Waals surface area contributed by atoms with E-state index in [9.17, 15) is 0 Å². The normalized spacial score (nSPS) is 13.5. The van der Waals surface area contributed by atoms with Gasteiger partial charge in [-0.1, -0.05) is 13.2 Å². The van der Waals surface area contributed by atoms with Gasteiger partial charge in [0.25, 0.3) is 0 Å². The summed E-state index contributed by atoms with van der Waals surface area (Å²) in [5.41, 5.74) is 21.5. The van der Waals surface area contributed by atoms with Crippen molar-refractivity contribution in [3.8, 4) is 0 Å². The Kier molecular flexibility index (Phi) is 10.7. The molecule has 11 N–H and O–H groups in total. The molecule has 0 aliphatic heterocycles. The smallest absolute Gasteiger partial charge is 0.148 e. The Bertz CT molecular complexity index is 215. The highest BCUT2D eigenvalue weighted by Crippen LogP contribution is 1.96. The van der Waals surface area contributed by atoms with Gasteiger partial charge in [0.05, 0.1) is 13.2 Å². The Morgan fingerprint density at radius 1 is 1.00 bits per heavy atom. The highest BCUT2D eigenvalue weighted by molar-refractivity contribution is 4.97. The minimum Gasteiger partial charge on any atom is -0.399 e. The molecular weight excluding hydrogens is 228 g/mol. The van der Waals surface area contributed by atoms with Crippen LogP contribution in [-0.4, -0.2) is 47.1 Å². The zero-order valence-electron chi connectivity index (χ0n) is 9.62. The van der Waals surface area contributed by atoms with E-state index in [1.807, 2.05) is 0 Å². The molecule has 2 atom stereocenters. The number of ether oxygens (including phenoxy) is 1. The van der Waals surface area contributed by atoms with Crippen LogP contribution >= 0.6 is 0 Å². The molecule has 0 saturated heterocycles. The van der Waals surface area contributed by atoms with E-state index in [2.05, 4.69) is 13.2 Å². The van der Waals surface area contributed by atoms with Crippen LogP contribution in [0.3, 0.4) is 0 Å². The lowest BCUT2D eigenvalue weighted by molar-refractivity contribution is 0.0345. The lowest BCUT2D eigenvalue weighted by atomic mass is 10.4. The van der Waals surface area contributed by atoms with E-state index in [1.54, 1.807) is 0 Å². The third-order valence-electron chi connectivity index (χ3n) is 1.45. The molecule has 0 aliphatic rings. The average molecular weight is 250 g/mol. The Morgan fingerprint density at radius 3 is 1.41 bits per heavy atom. The van der Waals surface area contributed by atoms with Gasteiger partial charge in [-0.15, -0.1) is 0 Å². The molecule has 2 unspecified atom stereocenters. The fraction of sp³-hybridized carbons (Fsp3) is 0.556. The maximum absolute atomic E-state index is 8.17. The van der Waals surface area contributed by atoms with Crippen molar-refractivity contribution in [2.75, 3.05) is 13.2 Å². The number of hydrogen-bond acceptors (Lipinski definition) is 8. The first-order valence-corrected chi connectivity index (χ1v) is 4.71. The number of hydrogen-bond donors (Lipinski definition) is 7. The van der Waals surface area contributed by atoms with Crippen molar-refractivity contribution in [2.45, 2.75) is 18.6 Å². The second-order valence-electron chi connectivity index (χ2n) is 3.15. The van der Waals surface area contributed by atoms with E-state index in [0.717, 1.165) is 0 Å². The molecule has 102 valence electrons. The Labute approximate surface area is 100 Å². The molecule has 0 radical (unpaired) electrons. The Hall–Kier alpha value is -1.16. The highest BCUT2D eigenvalue weighted by Gasteiger charge is 2.10. The highest BCUT2D eigenvalue weighted by atomic mass is 16.5. The quantitative estimate of drug-likeness (QED) is 0.242. The van der Waals surface area contributed by atoms with Gasteiger partial charge in [-0.25, -0.2) is 0 Å². The maximum atomic E-state index is 8.17. The Morgan fingerprint density at radius 2 is 1.29 bits per heavy atom. The van der Waals surface area contributed by atoms with Crippen LogP contribution in [-0.2, 0) is 4.74 Å². The largest absolute Gasteiger partial charge is 0.399 e. The van der Waals surface area contributed by atoms with Crippen LogP contribution in [0, 0.1) is 0 Å². The van der Waals surface area contributed by atoms with Crippen molar-refractivity contribution in [1.29, 1.82) is 0 Å². The lowest BCUT2D eigenvalue weighted by Gasteiger charge is -2.17. The maximum Gasteiger partial charge on any atom is 0.148 e. The zero-order chi connectivity index (χ0) is 14.0. The van der Waals surface area contributed by atoms with Gasteiger partial charge in [0.2, 0.25) is 0 Å². The molecule has 0 aromatic carbocycles. The van der Waals surface area contributed by atoms with Gasteiger partial charge in [0, 0.05) is 11.4 Å². The summed E-state index contributed by atoms with van der Waals surface area (Å²) in [7, 11) is 0. The summed E-state index contributed by atoms with van der Waals surface area (Å²) in [5.74, 6) is 0. The molecule has 0 heterocycles. The summed E-state index contributed by atoms with van der Waals surface area (Å²) in [6.45, 7) is 6.01. The van der Waals surface area contributed by atoms with Crippen LogP contribution in [0.2, 0.25) is 0 Å². The molecule has 0 fully saturated rings. The lowest BCUT2D eigenvalue weighted by Crippen LogP contribution is -2.40. The van der Waals surface area contributed by atoms with Crippen molar-refractivity contribution < 1.29 is 20.1 Å². The monoisotopic (exact) mass is 250 g/mol. The fourth-order valence-corrected chi connectivity index (χ4v) is 0.390. The predicted octanol–water partition coefficient (Wildman–Crippen LogP) is -3.15. The molecule has 8 heteroatoms. The van der Waals surface area contributed by atoms with Gasteiger partial charge in [-0.3, -0.25) is 0 Å². The molecule has 0 rings (SSSR count). The summed E-state index contributed by atoms with van der Waals surface area (Å²) in [5, 5.41) is 24.0. The van der Waals surface area contributed by atoms with Crippen LogP contribution in [0.1, 0.15) is 0 Å². The first-order valence-electron chi connectivity index (χ1n) is 4.71. The number of rotatable bonds is 6. The molecule has 0 aromatic heterocycles. The van der Waals surface area contributed by atoms with Crippen LogP contribution < -0.4 is 22.9 Å². The van der Waals surface area contributed by atoms with E-state index < -0.39 is 18.6 Å². The standard InChI is InChI=1S/C6H14N4O.C3H8O3/c1-3(7)5(9)11-6(10)4(2)8;4-1-3(6)2-5/h5-6H,1-2,7-10H2;3-6H,1-2H2. The van der Waals surface area contributed by atoms with Crippen molar-refractivity contribution in [1.82, 2.24) is 0 Å². The summed E-state index contributed by atoms with van der Waals surface area (Å²) in [6.07, 6.45) is -2.56. The third-order valence-corrected chi connectivity index (χ3v) is 1.45. The van der Waals surface area contributed by atoms with Gasteiger partial charge in [0.15, 0.2) is 0 Å². The van der Waals surface area contributed by atoms with E-state index in [1.165, 1.54) is 0 Å². The number of aliphatic hydroxyl groups is 3. The molecule has 0 amide bonds. The van der Waals surface area contributed by atoms with E-state index in [-0.39, 0.29) is 24.6 Å². The number of nitrogens with two attached hydrogens (primary N) is 4. The summed E-state index contributed by atoms with van der Waals surface area (Å²) >= 11 is 0. The van der Waals surface area contributed by atoms with Crippen molar-refractivity contribution >= 4 is 0 Å². The summed E-state index contributed by atoms with van der Waals surface area (Å²) in [4.78, 5) is 0. The van der Waals surface area contributed by atoms with Crippen molar-refractivity contribution in [3.63, 3.8) is 0 Å². The van der Waals surface area contributed by atoms with E-state index in [4.69, 9.17) is 43.0 Å². The molecule has 0 spiro atoms. The van der Waals surface area contributed by atoms with Crippen LogP contribution in [0.5, 0.6) is 0 Å². The van der Waals surface area contributed by atoms with Crippen molar-refractivity contribution in [2.24, 2.45) is 22.9 Å². The van der Waals surface area contributed by atoms with Gasteiger partial charge < -0.3 is 43.0 Å². The third kappa shape index (κ3) is 11.1. The molecule has 8 nitrogen and oxygen atoms in total. The van der Waals surface area contributed by atoms with Crippen LogP contribution in [0.15, 0.2) is 24.6 Å². The fourth-order valence-electron chi connectivity index (χ4n) is 0.390. The first-order chi connectivity index (χ1) is 7.76. The molecule has 17 heavy (non-hydrogen) atoms. The molecule has 0 bridgehead atoms. The topological polar surface area (TPSA) is 174 Å². The Balaban J connectivity index is 0. The molecular formula is C9H22N4O4. The van der Waals surface area contributed by atoms with Gasteiger partial charge in [-0.05, 0) is 0 Å². The first kappa shape index (κ1) is 18.2. The summed E-state index contributed by atoms with van der Waals surface area (Å²) < 4.78 is 4.88. The van der Waals surface area contributed by atoms with Crippen molar-refractivity contribution in [3.05, 3.63) is 24.6 Å².